The molecule has 1 heterocycles. The van der Waals surface area contributed by atoms with Crippen LogP contribution in [0.1, 0.15) is 38.3 Å². The zero-order valence-electron chi connectivity index (χ0n) is 9.91. The Kier molecular flexibility index (Phi) is 4.17. The SMILES string of the molecule is CCCNc1cccc(COC2CCC2)n1. The van der Waals surface area contributed by atoms with Gasteiger partial charge in [0.2, 0.25) is 0 Å². The molecule has 3 heteroatoms. The van der Waals surface area contributed by atoms with Gasteiger partial charge < -0.3 is 10.1 Å². The normalized spacial score (nSPS) is 15.8. The van der Waals surface area contributed by atoms with E-state index in [2.05, 4.69) is 17.2 Å². The number of ether oxygens (including phenoxy) is 1. The highest BCUT2D eigenvalue weighted by molar-refractivity contribution is 5.34. The summed E-state index contributed by atoms with van der Waals surface area (Å²) in [6.45, 7) is 3.77. The summed E-state index contributed by atoms with van der Waals surface area (Å²) in [6, 6.07) is 6.06. The number of hydrogen-bond acceptors (Lipinski definition) is 3. The molecule has 1 N–H and O–H groups in total. The Morgan fingerprint density at radius 1 is 1.44 bits per heavy atom. The minimum absolute atomic E-state index is 0.481. The first-order valence-electron chi connectivity index (χ1n) is 6.20. The van der Waals surface area contributed by atoms with Crippen molar-refractivity contribution in [2.45, 2.75) is 45.3 Å². The quantitative estimate of drug-likeness (QED) is 0.800. The van der Waals surface area contributed by atoms with Gasteiger partial charge in [0.05, 0.1) is 18.4 Å². The summed E-state index contributed by atoms with van der Waals surface area (Å²) in [5.74, 6) is 0.955. The molecule has 88 valence electrons. The van der Waals surface area contributed by atoms with Crippen molar-refractivity contribution in [3.63, 3.8) is 0 Å². The van der Waals surface area contributed by atoms with Crippen LogP contribution >= 0.6 is 0 Å². The van der Waals surface area contributed by atoms with E-state index in [1.165, 1.54) is 19.3 Å². The number of pyridine rings is 1. The molecule has 3 nitrogen and oxygen atoms in total. The first kappa shape index (κ1) is 11.4. The Hall–Kier alpha value is -1.09. The molecule has 0 bridgehead atoms. The van der Waals surface area contributed by atoms with Gasteiger partial charge in [-0.05, 0) is 37.8 Å². The highest BCUT2D eigenvalue weighted by Crippen LogP contribution is 2.22. The molecule has 2 rings (SSSR count). The molecular formula is C13H20N2O. The summed E-state index contributed by atoms with van der Waals surface area (Å²) in [4.78, 5) is 4.50. The molecule has 0 aromatic carbocycles. The van der Waals surface area contributed by atoms with Gasteiger partial charge in [0, 0.05) is 6.54 Å². The van der Waals surface area contributed by atoms with Crippen LogP contribution < -0.4 is 5.32 Å². The van der Waals surface area contributed by atoms with Crippen molar-refractivity contribution in [1.82, 2.24) is 4.98 Å². The van der Waals surface area contributed by atoms with Crippen LogP contribution in [0.5, 0.6) is 0 Å². The minimum Gasteiger partial charge on any atom is -0.372 e. The summed E-state index contributed by atoms with van der Waals surface area (Å²) >= 11 is 0. The fraction of sp³-hybridized carbons (Fsp3) is 0.615. The number of anilines is 1. The van der Waals surface area contributed by atoms with E-state index in [1.807, 2.05) is 18.2 Å². The Bertz CT molecular complexity index is 323. The fourth-order valence-corrected chi connectivity index (χ4v) is 1.65. The van der Waals surface area contributed by atoms with Gasteiger partial charge in [-0.1, -0.05) is 13.0 Å². The summed E-state index contributed by atoms with van der Waals surface area (Å²) < 4.78 is 5.73. The number of aromatic nitrogens is 1. The van der Waals surface area contributed by atoms with Crippen LogP contribution in [0.15, 0.2) is 18.2 Å². The van der Waals surface area contributed by atoms with Gasteiger partial charge in [-0.25, -0.2) is 4.98 Å². The average molecular weight is 220 g/mol. The molecule has 0 spiro atoms. The van der Waals surface area contributed by atoms with Crippen LogP contribution in [-0.4, -0.2) is 17.6 Å². The van der Waals surface area contributed by atoms with Gasteiger partial charge in [0.1, 0.15) is 5.82 Å². The van der Waals surface area contributed by atoms with Gasteiger partial charge in [-0.2, -0.15) is 0 Å². The van der Waals surface area contributed by atoms with Crippen molar-refractivity contribution >= 4 is 5.82 Å². The maximum Gasteiger partial charge on any atom is 0.126 e. The predicted octanol–water partition coefficient (Wildman–Crippen LogP) is 2.97. The second-order valence-corrected chi connectivity index (χ2v) is 4.30. The van der Waals surface area contributed by atoms with Gasteiger partial charge in [0.25, 0.3) is 0 Å². The smallest absolute Gasteiger partial charge is 0.126 e. The highest BCUT2D eigenvalue weighted by Gasteiger charge is 2.17. The molecule has 1 aliphatic rings. The first-order valence-corrected chi connectivity index (χ1v) is 6.20. The zero-order chi connectivity index (χ0) is 11.2. The maximum absolute atomic E-state index is 5.73. The van der Waals surface area contributed by atoms with Gasteiger partial charge in [-0.15, -0.1) is 0 Å². The van der Waals surface area contributed by atoms with E-state index in [-0.39, 0.29) is 0 Å². The van der Waals surface area contributed by atoms with Crippen LogP contribution in [0, 0.1) is 0 Å². The van der Waals surface area contributed by atoms with Crippen LogP contribution in [0.3, 0.4) is 0 Å². The average Bonchev–Trinajstić information content (AvgIpc) is 2.25. The Labute approximate surface area is 97.2 Å². The van der Waals surface area contributed by atoms with Crippen molar-refractivity contribution in [2.24, 2.45) is 0 Å². The third kappa shape index (κ3) is 3.20. The molecule has 1 saturated carbocycles. The second-order valence-electron chi connectivity index (χ2n) is 4.30. The van der Waals surface area contributed by atoms with Crippen LogP contribution in [0.25, 0.3) is 0 Å². The monoisotopic (exact) mass is 220 g/mol. The summed E-state index contributed by atoms with van der Waals surface area (Å²) in [6.07, 6.45) is 5.34. The van der Waals surface area contributed by atoms with E-state index in [0.717, 1.165) is 24.5 Å². The van der Waals surface area contributed by atoms with E-state index >= 15 is 0 Å². The molecule has 0 aliphatic heterocycles. The number of hydrogen-bond donors (Lipinski definition) is 1. The van der Waals surface area contributed by atoms with Crippen molar-refractivity contribution in [2.75, 3.05) is 11.9 Å². The molecule has 16 heavy (non-hydrogen) atoms. The predicted molar refractivity (Wildman–Crippen MR) is 65.4 cm³/mol. The van der Waals surface area contributed by atoms with Crippen molar-refractivity contribution in [3.05, 3.63) is 23.9 Å². The van der Waals surface area contributed by atoms with Gasteiger partial charge >= 0.3 is 0 Å². The molecule has 0 radical (unpaired) electrons. The molecule has 0 amide bonds. The molecule has 0 atom stereocenters. The third-order valence-corrected chi connectivity index (χ3v) is 2.88. The Balaban J connectivity index is 1.82. The standard InChI is InChI=1S/C13H20N2O/c1-2-9-14-13-8-3-5-11(15-13)10-16-12-6-4-7-12/h3,5,8,12H,2,4,6-7,9-10H2,1H3,(H,14,15). The van der Waals surface area contributed by atoms with Crippen molar-refractivity contribution < 1.29 is 4.74 Å². The lowest BCUT2D eigenvalue weighted by molar-refractivity contribution is -0.0100. The molecule has 0 unspecified atom stereocenters. The zero-order valence-corrected chi connectivity index (χ0v) is 9.91. The van der Waals surface area contributed by atoms with Crippen molar-refractivity contribution in [1.29, 1.82) is 0 Å². The maximum atomic E-state index is 5.73. The lowest BCUT2D eigenvalue weighted by Gasteiger charge is -2.25. The third-order valence-electron chi connectivity index (χ3n) is 2.88. The molecular weight excluding hydrogens is 200 g/mol. The molecule has 1 aliphatic carbocycles. The summed E-state index contributed by atoms with van der Waals surface area (Å²) in [7, 11) is 0. The van der Waals surface area contributed by atoms with E-state index < -0.39 is 0 Å². The lowest BCUT2D eigenvalue weighted by atomic mass is 9.96. The fourth-order valence-electron chi connectivity index (χ4n) is 1.65. The molecule has 1 aromatic heterocycles. The second kappa shape index (κ2) is 5.85. The summed E-state index contributed by atoms with van der Waals surface area (Å²) in [5, 5.41) is 3.28. The Morgan fingerprint density at radius 2 is 2.31 bits per heavy atom. The molecule has 1 fully saturated rings. The summed E-state index contributed by atoms with van der Waals surface area (Å²) in [5.41, 5.74) is 1.02. The van der Waals surface area contributed by atoms with Crippen LogP contribution in [0.4, 0.5) is 5.82 Å². The van der Waals surface area contributed by atoms with Gasteiger partial charge in [0.15, 0.2) is 0 Å². The first-order chi connectivity index (χ1) is 7.88. The van der Waals surface area contributed by atoms with E-state index in [1.54, 1.807) is 0 Å². The lowest BCUT2D eigenvalue weighted by Crippen LogP contribution is -2.21. The van der Waals surface area contributed by atoms with Gasteiger partial charge in [-0.3, -0.25) is 0 Å². The van der Waals surface area contributed by atoms with Crippen molar-refractivity contribution in [3.8, 4) is 0 Å². The minimum atomic E-state index is 0.481. The molecule has 0 saturated heterocycles. The van der Waals surface area contributed by atoms with Crippen LogP contribution in [0.2, 0.25) is 0 Å². The number of rotatable bonds is 6. The van der Waals surface area contributed by atoms with Crippen LogP contribution in [-0.2, 0) is 11.3 Å². The number of nitrogens with zero attached hydrogens (tertiary/aromatic N) is 1. The number of nitrogens with one attached hydrogen (secondary N) is 1. The Morgan fingerprint density at radius 3 is 3.00 bits per heavy atom. The highest BCUT2D eigenvalue weighted by atomic mass is 16.5. The topological polar surface area (TPSA) is 34.1 Å². The molecule has 1 aromatic rings. The van der Waals surface area contributed by atoms with E-state index in [4.69, 9.17) is 4.74 Å². The van der Waals surface area contributed by atoms with E-state index in [9.17, 15) is 0 Å². The largest absolute Gasteiger partial charge is 0.372 e. The van der Waals surface area contributed by atoms with E-state index in [0.29, 0.717) is 12.7 Å².